The second-order valence-corrected chi connectivity index (χ2v) is 6.76. The van der Waals surface area contributed by atoms with E-state index in [2.05, 4.69) is 17.4 Å². The van der Waals surface area contributed by atoms with Crippen molar-refractivity contribution < 1.29 is 4.74 Å². The van der Waals surface area contributed by atoms with Crippen LogP contribution in [0, 0.1) is 5.41 Å². The van der Waals surface area contributed by atoms with Gasteiger partial charge in [0.05, 0.1) is 6.61 Å². The molecule has 21 heavy (non-hydrogen) atoms. The van der Waals surface area contributed by atoms with Crippen LogP contribution in [0.4, 0.5) is 0 Å². The molecule has 1 fully saturated rings. The first-order chi connectivity index (χ1) is 10.2. The number of halogens is 1. The molecular formula is C18H28ClNO. The molecule has 1 aromatic carbocycles. The zero-order chi connectivity index (χ0) is 15.0. The van der Waals surface area contributed by atoms with E-state index in [9.17, 15) is 0 Å². The molecule has 118 valence electrons. The van der Waals surface area contributed by atoms with Crippen LogP contribution >= 0.6 is 11.6 Å². The van der Waals surface area contributed by atoms with E-state index in [0.29, 0.717) is 5.41 Å². The largest absolute Gasteiger partial charge is 0.383 e. The summed E-state index contributed by atoms with van der Waals surface area (Å²) >= 11 is 5.96. The summed E-state index contributed by atoms with van der Waals surface area (Å²) in [5.74, 6) is 0. The topological polar surface area (TPSA) is 21.3 Å². The molecule has 1 saturated carbocycles. The maximum Gasteiger partial charge on any atom is 0.0587 e. The Kier molecular flexibility index (Phi) is 7.01. The molecule has 0 unspecified atom stereocenters. The molecule has 0 spiro atoms. The van der Waals surface area contributed by atoms with Crippen molar-refractivity contribution in [2.75, 3.05) is 26.8 Å². The minimum absolute atomic E-state index is 0.555. The summed E-state index contributed by atoms with van der Waals surface area (Å²) in [6.07, 6.45) is 9.37. The molecule has 0 aliphatic heterocycles. The minimum atomic E-state index is 0.555. The van der Waals surface area contributed by atoms with E-state index in [1.807, 2.05) is 12.1 Å². The van der Waals surface area contributed by atoms with Gasteiger partial charge in [0, 0.05) is 18.7 Å². The van der Waals surface area contributed by atoms with E-state index in [1.165, 1.54) is 50.5 Å². The Bertz CT molecular complexity index is 398. The van der Waals surface area contributed by atoms with Crippen molar-refractivity contribution in [2.45, 2.75) is 44.9 Å². The summed E-state index contributed by atoms with van der Waals surface area (Å²) in [6, 6.07) is 8.35. The van der Waals surface area contributed by atoms with Gasteiger partial charge in [-0.3, -0.25) is 0 Å². The highest BCUT2D eigenvalue weighted by atomic mass is 35.5. The molecule has 2 rings (SSSR count). The van der Waals surface area contributed by atoms with E-state index >= 15 is 0 Å². The van der Waals surface area contributed by atoms with Gasteiger partial charge in [0.2, 0.25) is 0 Å². The summed E-state index contributed by atoms with van der Waals surface area (Å²) < 4.78 is 5.08. The molecule has 0 saturated heterocycles. The van der Waals surface area contributed by atoms with Crippen LogP contribution in [0.1, 0.15) is 44.1 Å². The fraction of sp³-hybridized carbons (Fsp3) is 0.667. The van der Waals surface area contributed by atoms with Gasteiger partial charge in [-0.15, -0.1) is 0 Å². The molecule has 1 N–H and O–H groups in total. The first kappa shape index (κ1) is 16.8. The lowest BCUT2D eigenvalue weighted by molar-refractivity contribution is 0.193. The standard InChI is InChI=1S/C18H28ClNO/c1-21-15-14-20-13-12-18(9-2-3-10-18)11-8-16-4-6-17(19)7-5-16/h4-7,20H,2-3,8-15H2,1H3. The summed E-state index contributed by atoms with van der Waals surface area (Å²) in [5, 5.41) is 4.33. The van der Waals surface area contributed by atoms with Gasteiger partial charge in [-0.1, -0.05) is 36.6 Å². The quantitative estimate of drug-likeness (QED) is 0.680. The van der Waals surface area contributed by atoms with Crippen molar-refractivity contribution in [3.8, 4) is 0 Å². The number of nitrogens with one attached hydrogen (secondary N) is 1. The highest BCUT2D eigenvalue weighted by Gasteiger charge is 2.32. The zero-order valence-corrected chi connectivity index (χ0v) is 13.9. The lowest BCUT2D eigenvalue weighted by Gasteiger charge is -2.29. The van der Waals surface area contributed by atoms with Crippen LogP contribution in [0.15, 0.2) is 24.3 Å². The third-order valence-corrected chi connectivity index (χ3v) is 5.09. The molecule has 0 aromatic heterocycles. The van der Waals surface area contributed by atoms with Gasteiger partial charge in [-0.2, -0.15) is 0 Å². The number of hydrogen-bond acceptors (Lipinski definition) is 2. The van der Waals surface area contributed by atoms with Crippen LogP contribution in [0.5, 0.6) is 0 Å². The Morgan fingerprint density at radius 1 is 1.10 bits per heavy atom. The number of benzene rings is 1. The Hall–Kier alpha value is -0.570. The van der Waals surface area contributed by atoms with Gasteiger partial charge in [0.25, 0.3) is 0 Å². The molecule has 0 heterocycles. The third-order valence-electron chi connectivity index (χ3n) is 4.84. The smallest absolute Gasteiger partial charge is 0.0587 e. The number of rotatable bonds is 9. The highest BCUT2D eigenvalue weighted by molar-refractivity contribution is 6.30. The molecule has 3 heteroatoms. The van der Waals surface area contributed by atoms with Crippen molar-refractivity contribution in [1.82, 2.24) is 5.32 Å². The number of hydrogen-bond donors (Lipinski definition) is 1. The van der Waals surface area contributed by atoms with Crippen molar-refractivity contribution >= 4 is 11.6 Å². The summed E-state index contributed by atoms with van der Waals surface area (Å²) in [5.41, 5.74) is 1.97. The van der Waals surface area contributed by atoms with Gasteiger partial charge in [0.1, 0.15) is 0 Å². The number of aryl methyl sites for hydroxylation is 1. The van der Waals surface area contributed by atoms with Gasteiger partial charge in [-0.05, 0) is 61.8 Å². The minimum Gasteiger partial charge on any atom is -0.383 e. The number of methoxy groups -OCH3 is 1. The summed E-state index contributed by atoms with van der Waals surface area (Å²) in [7, 11) is 1.76. The average Bonchev–Trinajstić information content (AvgIpc) is 2.96. The monoisotopic (exact) mass is 309 g/mol. The van der Waals surface area contributed by atoms with Crippen LogP contribution in [0.25, 0.3) is 0 Å². The molecule has 2 nitrogen and oxygen atoms in total. The molecule has 1 aliphatic rings. The first-order valence-corrected chi connectivity index (χ1v) is 8.56. The van der Waals surface area contributed by atoms with Gasteiger partial charge < -0.3 is 10.1 Å². The Morgan fingerprint density at radius 3 is 2.48 bits per heavy atom. The Labute approximate surface area is 134 Å². The van der Waals surface area contributed by atoms with Crippen LogP contribution in [-0.4, -0.2) is 26.8 Å². The molecule has 1 aromatic rings. The molecule has 0 bridgehead atoms. The van der Waals surface area contributed by atoms with E-state index in [4.69, 9.17) is 16.3 Å². The van der Waals surface area contributed by atoms with Gasteiger partial charge in [-0.25, -0.2) is 0 Å². The fourth-order valence-electron chi connectivity index (χ4n) is 3.46. The zero-order valence-electron chi connectivity index (χ0n) is 13.2. The maximum atomic E-state index is 5.96. The van der Waals surface area contributed by atoms with Gasteiger partial charge in [0.15, 0.2) is 0 Å². The summed E-state index contributed by atoms with van der Waals surface area (Å²) in [4.78, 5) is 0. The molecule has 0 radical (unpaired) electrons. The average molecular weight is 310 g/mol. The van der Waals surface area contributed by atoms with Gasteiger partial charge >= 0.3 is 0 Å². The third kappa shape index (κ3) is 5.61. The van der Waals surface area contributed by atoms with E-state index < -0.39 is 0 Å². The van der Waals surface area contributed by atoms with E-state index in [0.717, 1.165) is 24.7 Å². The Morgan fingerprint density at radius 2 is 1.81 bits per heavy atom. The van der Waals surface area contributed by atoms with Crippen molar-refractivity contribution in [3.05, 3.63) is 34.9 Å². The molecule has 1 aliphatic carbocycles. The fourth-order valence-corrected chi connectivity index (χ4v) is 3.59. The predicted octanol–water partition coefficient (Wildman–Crippen LogP) is 4.46. The predicted molar refractivity (Wildman–Crippen MR) is 90.0 cm³/mol. The van der Waals surface area contributed by atoms with Crippen LogP contribution in [0.2, 0.25) is 5.02 Å². The van der Waals surface area contributed by atoms with Crippen molar-refractivity contribution in [1.29, 1.82) is 0 Å². The van der Waals surface area contributed by atoms with E-state index in [1.54, 1.807) is 7.11 Å². The SMILES string of the molecule is COCCNCCC1(CCc2ccc(Cl)cc2)CCCC1. The molecule has 0 atom stereocenters. The lowest BCUT2D eigenvalue weighted by Crippen LogP contribution is -2.27. The maximum absolute atomic E-state index is 5.96. The lowest BCUT2D eigenvalue weighted by atomic mass is 9.77. The van der Waals surface area contributed by atoms with E-state index in [-0.39, 0.29) is 0 Å². The normalized spacial score (nSPS) is 17.2. The second-order valence-electron chi connectivity index (χ2n) is 6.33. The van der Waals surface area contributed by atoms with Crippen molar-refractivity contribution in [2.24, 2.45) is 5.41 Å². The second kappa shape index (κ2) is 8.77. The van der Waals surface area contributed by atoms with Crippen molar-refractivity contribution in [3.63, 3.8) is 0 Å². The van der Waals surface area contributed by atoms with Crippen LogP contribution in [-0.2, 0) is 11.2 Å². The number of ether oxygens (including phenoxy) is 1. The highest BCUT2D eigenvalue weighted by Crippen LogP contribution is 2.44. The molecular weight excluding hydrogens is 282 g/mol. The van der Waals surface area contributed by atoms with Crippen LogP contribution in [0.3, 0.4) is 0 Å². The first-order valence-electron chi connectivity index (χ1n) is 8.18. The van der Waals surface area contributed by atoms with Crippen LogP contribution < -0.4 is 5.32 Å². The Balaban J connectivity index is 1.79. The summed E-state index contributed by atoms with van der Waals surface area (Å²) in [6.45, 7) is 2.88. The molecule has 0 amide bonds.